The van der Waals surface area contributed by atoms with Crippen molar-refractivity contribution in [3.8, 4) is 0 Å². The van der Waals surface area contributed by atoms with Crippen molar-refractivity contribution in [2.45, 2.75) is 18.7 Å². The van der Waals surface area contributed by atoms with Gasteiger partial charge in [0, 0.05) is 10.7 Å². The van der Waals surface area contributed by atoms with Crippen molar-refractivity contribution < 1.29 is 18.3 Å². The number of aromatic nitrogens is 1. The van der Waals surface area contributed by atoms with Crippen LogP contribution in [-0.4, -0.2) is 21.6 Å². The van der Waals surface area contributed by atoms with Crippen molar-refractivity contribution in [1.82, 2.24) is 4.98 Å². The van der Waals surface area contributed by atoms with Gasteiger partial charge in [-0.05, 0) is 0 Å². The quantitative estimate of drug-likeness (QED) is 0.868. The third kappa shape index (κ3) is 3.55. The molecule has 1 rings (SSSR count). The zero-order valence-electron chi connectivity index (χ0n) is 6.88. The molecule has 0 spiro atoms. The molecule has 0 saturated carbocycles. The highest BCUT2D eigenvalue weighted by molar-refractivity contribution is 9.09. The number of hydrogen-bond donors (Lipinski definition) is 1. The summed E-state index contributed by atoms with van der Waals surface area (Å²) in [5.41, 5.74) is 0.283. The Kier molecular flexibility index (Phi) is 3.91. The van der Waals surface area contributed by atoms with Crippen molar-refractivity contribution in [3.05, 3.63) is 16.1 Å². The summed E-state index contributed by atoms with van der Waals surface area (Å²) in [6.45, 7) is 0. The molecule has 80 valence electrons. The van der Waals surface area contributed by atoms with Gasteiger partial charge in [0.2, 0.25) is 0 Å². The van der Waals surface area contributed by atoms with E-state index in [0.717, 1.165) is 11.3 Å². The average molecular weight is 290 g/mol. The van der Waals surface area contributed by atoms with Gasteiger partial charge in [0.1, 0.15) is 11.1 Å². The lowest BCUT2D eigenvalue weighted by atomic mass is 10.3. The fourth-order valence-corrected chi connectivity index (χ4v) is 2.01. The highest BCUT2D eigenvalue weighted by Crippen LogP contribution is 2.25. The molecule has 2 nitrogen and oxygen atoms in total. The Morgan fingerprint density at radius 1 is 1.57 bits per heavy atom. The van der Waals surface area contributed by atoms with Crippen LogP contribution in [0.4, 0.5) is 13.2 Å². The normalized spacial score (nSPS) is 14.4. The molecule has 1 atom stereocenters. The van der Waals surface area contributed by atoms with Gasteiger partial charge < -0.3 is 5.11 Å². The van der Waals surface area contributed by atoms with E-state index in [4.69, 9.17) is 0 Å². The first kappa shape index (κ1) is 11.9. The molecule has 1 aromatic rings. The lowest BCUT2D eigenvalue weighted by Gasteiger charge is -2.03. The summed E-state index contributed by atoms with van der Waals surface area (Å²) in [6.07, 6.45) is -6.12. The molecule has 1 N–H and O–H groups in total. The van der Waals surface area contributed by atoms with Crippen LogP contribution in [-0.2, 0) is 6.42 Å². The van der Waals surface area contributed by atoms with Crippen molar-refractivity contribution >= 4 is 27.3 Å². The molecule has 0 aliphatic heterocycles. The van der Waals surface area contributed by atoms with Gasteiger partial charge in [-0.2, -0.15) is 13.2 Å². The fourth-order valence-electron chi connectivity index (χ4n) is 0.810. The van der Waals surface area contributed by atoms with Crippen LogP contribution >= 0.6 is 27.3 Å². The summed E-state index contributed by atoms with van der Waals surface area (Å²) in [5, 5.41) is 10.9. The number of rotatable bonds is 3. The Morgan fingerprint density at radius 3 is 2.71 bits per heavy atom. The molecular weight excluding hydrogens is 283 g/mol. The summed E-state index contributed by atoms with van der Waals surface area (Å²) in [5.74, 6) is 0. The van der Waals surface area contributed by atoms with Crippen LogP contribution in [0.25, 0.3) is 0 Å². The molecule has 0 fully saturated rings. The summed E-state index contributed by atoms with van der Waals surface area (Å²) in [4.78, 5) is 3.68. The van der Waals surface area contributed by atoms with Crippen molar-refractivity contribution in [2.24, 2.45) is 0 Å². The van der Waals surface area contributed by atoms with Gasteiger partial charge in [-0.15, -0.1) is 11.3 Å². The molecule has 0 aliphatic carbocycles. The van der Waals surface area contributed by atoms with Gasteiger partial charge in [-0.25, -0.2) is 4.98 Å². The fraction of sp³-hybridized carbons (Fsp3) is 0.571. The van der Waals surface area contributed by atoms with E-state index in [0.29, 0.717) is 0 Å². The molecular formula is C7H7BrF3NOS. The second-order valence-corrected chi connectivity index (χ2v) is 4.22. The first-order valence-corrected chi connectivity index (χ1v) is 5.67. The van der Waals surface area contributed by atoms with E-state index in [1.54, 1.807) is 0 Å². The molecule has 1 aromatic heterocycles. The molecule has 0 bridgehead atoms. The predicted molar refractivity (Wildman–Crippen MR) is 50.6 cm³/mol. The van der Waals surface area contributed by atoms with E-state index in [1.807, 2.05) is 0 Å². The number of alkyl halides is 4. The summed E-state index contributed by atoms with van der Waals surface area (Å²) in [6, 6.07) is 0. The minimum atomic E-state index is -4.24. The van der Waals surface area contributed by atoms with E-state index in [9.17, 15) is 18.3 Å². The first-order chi connectivity index (χ1) is 6.42. The molecule has 0 unspecified atom stereocenters. The molecule has 1 heterocycles. The molecule has 0 saturated heterocycles. The smallest absolute Gasteiger partial charge is 0.386 e. The van der Waals surface area contributed by atoms with Crippen molar-refractivity contribution in [2.75, 3.05) is 5.33 Å². The highest BCUT2D eigenvalue weighted by Gasteiger charge is 2.29. The highest BCUT2D eigenvalue weighted by atomic mass is 79.9. The maximum Gasteiger partial charge on any atom is 0.395 e. The Labute approximate surface area is 90.9 Å². The number of hydrogen-bond acceptors (Lipinski definition) is 3. The third-order valence-corrected chi connectivity index (χ3v) is 2.89. The number of thiazole rings is 1. The number of nitrogens with zero attached hydrogens (tertiary/aromatic N) is 1. The van der Waals surface area contributed by atoms with Crippen LogP contribution in [0.3, 0.4) is 0 Å². The summed E-state index contributed by atoms with van der Waals surface area (Å²) >= 11 is 3.92. The number of aliphatic hydroxyl groups excluding tert-OH is 1. The van der Waals surface area contributed by atoms with Gasteiger partial charge in [0.05, 0.1) is 12.1 Å². The lowest BCUT2D eigenvalue weighted by Crippen LogP contribution is -2.11. The topological polar surface area (TPSA) is 33.1 Å². The molecule has 14 heavy (non-hydrogen) atoms. The van der Waals surface area contributed by atoms with E-state index >= 15 is 0 Å². The third-order valence-electron chi connectivity index (χ3n) is 1.41. The van der Waals surface area contributed by atoms with Gasteiger partial charge in [-0.3, -0.25) is 0 Å². The largest absolute Gasteiger partial charge is 0.395 e. The average Bonchev–Trinajstić information content (AvgIpc) is 2.48. The van der Waals surface area contributed by atoms with Crippen molar-refractivity contribution in [1.29, 1.82) is 0 Å². The number of aliphatic hydroxyl groups is 1. The van der Waals surface area contributed by atoms with Crippen LogP contribution in [0.2, 0.25) is 0 Å². The maximum absolute atomic E-state index is 11.9. The monoisotopic (exact) mass is 289 g/mol. The van der Waals surface area contributed by atoms with Gasteiger partial charge in [0.25, 0.3) is 0 Å². The molecule has 0 radical (unpaired) electrons. The predicted octanol–water partition coefficient (Wildman–Crippen LogP) is 2.68. The zero-order valence-corrected chi connectivity index (χ0v) is 9.29. The SMILES string of the molecule is O[C@@H](CBr)c1csc(CC(F)(F)F)n1. The minimum Gasteiger partial charge on any atom is -0.386 e. The second kappa shape index (κ2) is 4.59. The van der Waals surface area contributed by atoms with Crippen LogP contribution in [0.15, 0.2) is 5.38 Å². The van der Waals surface area contributed by atoms with Crippen LogP contribution in [0.5, 0.6) is 0 Å². The Bertz CT molecular complexity index is 301. The van der Waals surface area contributed by atoms with Gasteiger partial charge in [0.15, 0.2) is 0 Å². The second-order valence-electron chi connectivity index (χ2n) is 2.63. The van der Waals surface area contributed by atoms with Crippen LogP contribution in [0, 0.1) is 0 Å². The van der Waals surface area contributed by atoms with Gasteiger partial charge >= 0.3 is 6.18 Å². The Balaban J connectivity index is 2.69. The van der Waals surface area contributed by atoms with E-state index < -0.39 is 18.7 Å². The zero-order chi connectivity index (χ0) is 10.8. The van der Waals surface area contributed by atoms with E-state index in [-0.39, 0.29) is 16.0 Å². The first-order valence-electron chi connectivity index (χ1n) is 3.67. The van der Waals surface area contributed by atoms with Crippen LogP contribution in [0.1, 0.15) is 16.8 Å². The Morgan fingerprint density at radius 2 is 2.21 bits per heavy atom. The maximum atomic E-state index is 11.9. The molecule has 7 heteroatoms. The molecule has 0 aromatic carbocycles. The standard InChI is InChI=1S/C7H7BrF3NOS/c8-2-5(13)4-3-14-6(12-4)1-7(9,10)11/h3,5,13H,1-2H2/t5-/m0/s1. The van der Waals surface area contributed by atoms with Crippen molar-refractivity contribution in [3.63, 3.8) is 0 Å². The van der Waals surface area contributed by atoms with Crippen LogP contribution < -0.4 is 0 Å². The van der Waals surface area contributed by atoms with E-state index in [2.05, 4.69) is 20.9 Å². The number of halogens is 4. The molecule has 0 aliphatic rings. The van der Waals surface area contributed by atoms with E-state index in [1.165, 1.54) is 5.38 Å². The summed E-state index contributed by atoms with van der Waals surface area (Å²) in [7, 11) is 0. The minimum absolute atomic E-state index is 0.0208. The lowest BCUT2D eigenvalue weighted by molar-refractivity contribution is -0.127. The molecule has 0 amide bonds. The summed E-state index contributed by atoms with van der Waals surface area (Å²) < 4.78 is 35.8. The van der Waals surface area contributed by atoms with Gasteiger partial charge in [-0.1, -0.05) is 15.9 Å². The Hall–Kier alpha value is -0.140.